The molecule has 2 unspecified atom stereocenters. The van der Waals surface area contributed by atoms with Crippen molar-refractivity contribution in [3.63, 3.8) is 0 Å². The van der Waals surface area contributed by atoms with Crippen LogP contribution in [-0.2, 0) is 24.1 Å². The van der Waals surface area contributed by atoms with E-state index in [9.17, 15) is 4.79 Å². The molecule has 0 saturated carbocycles. The summed E-state index contributed by atoms with van der Waals surface area (Å²) in [6, 6.07) is 11.2. The third kappa shape index (κ3) is 7.73. The number of ether oxygens (including phenoxy) is 1. The number of nitrogens with zero attached hydrogens (tertiary/aromatic N) is 5. The van der Waals surface area contributed by atoms with Crippen LogP contribution in [0.5, 0.6) is 5.75 Å². The molecule has 8 nitrogen and oxygen atoms in total. The molecule has 0 spiro atoms. The normalized spacial score (nSPS) is 11.4. The third-order valence-electron chi connectivity index (χ3n) is 4.52. The molecule has 11 heteroatoms. The number of unbranched alkanes of at least 4 members (excludes halogenated alkanes) is 1. The van der Waals surface area contributed by atoms with Gasteiger partial charge in [-0.15, -0.1) is 15.3 Å². The molecule has 3 aromatic rings. The van der Waals surface area contributed by atoms with Crippen molar-refractivity contribution < 1.29 is 9.53 Å². The lowest BCUT2D eigenvalue weighted by atomic mass is 10.1. The van der Waals surface area contributed by atoms with E-state index in [0.717, 1.165) is 41.9 Å². The summed E-state index contributed by atoms with van der Waals surface area (Å²) >= 11 is 1.45. The molecule has 0 radical (unpaired) electrons. The average molecular weight is 491 g/mol. The Morgan fingerprint density at radius 1 is 1.12 bits per heavy atom. The second kappa shape index (κ2) is 11.1. The number of aromatic nitrogens is 4. The maximum Gasteiger partial charge on any atom is 0.232 e. The zero-order valence-corrected chi connectivity index (χ0v) is 21.3. The molecule has 0 aliphatic rings. The Morgan fingerprint density at radius 3 is 2.62 bits per heavy atom. The highest BCUT2D eigenvalue weighted by atomic mass is 32.1. The number of hydrogen-bond donors (Lipinski definition) is 1. The number of carbonyl (C=O) groups is 1. The van der Waals surface area contributed by atoms with Crippen LogP contribution in [0.3, 0.4) is 0 Å². The van der Waals surface area contributed by atoms with Crippen molar-refractivity contribution in [1.29, 1.82) is 0 Å². The minimum atomic E-state index is -0.453. The predicted molar refractivity (Wildman–Crippen MR) is 135 cm³/mol. The molecular formula is C21H28N6O2P2S. The summed E-state index contributed by atoms with van der Waals surface area (Å²) in [4.78, 5) is 14.3. The molecule has 0 aliphatic heterocycles. The first-order valence-electron chi connectivity index (χ1n) is 10.2. The van der Waals surface area contributed by atoms with Crippen molar-refractivity contribution in [3.8, 4) is 5.75 Å². The Morgan fingerprint density at radius 2 is 1.91 bits per heavy atom. The number of anilines is 2. The highest BCUT2D eigenvalue weighted by molar-refractivity contribution is 7.39. The van der Waals surface area contributed by atoms with E-state index in [4.69, 9.17) is 10.5 Å². The molecule has 2 atom stereocenters. The van der Waals surface area contributed by atoms with Crippen molar-refractivity contribution in [2.24, 2.45) is 0 Å². The maximum absolute atomic E-state index is 12.8. The molecule has 2 aromatic heterocycles. The van der Waals surface area contributed by atoms with Gasteiger partial charge in [0, 0.05) is 13.5 Å². The van der Waals surface area contributed by atoms with Crippen LogP contribution in [0.4, 0.5) is 10.9 Å². The highest BCUT2D eigenvalue weighted by Crippen LogP contribution is 2.30. The van der Waals surface area contributed by atoms with Gasteiger partial charge in [-0.25, -0.2) is 0 Å². The van der Waals surface area contributed by atoms with Crippen LogP contribution in [0.15, 0.2) is 36.4 Å². The van der Waals surface area contributed by atoms with Crippen LogP contribution in [-0.4, -0.2) is 38.4 Å². The van der Waals surface area contributed by atoms with Gasteiger partial charge in [-0.3, -0.25) is 9.69 Å². The first-order chi connectivity index (χ1) is 15.2. The summed E-state index contributed by atoms with van der Waals surface area (Å²) < 4.78 is 5.82. The second-order valence-corrected chi connectivity index (χ2v) is 11.7. The van der Waals surface area contributed by atoms with E-state index >= 15 is 0 Å². The largest absolute Gasteiger partial charge is 0.480 e. The number of likely N-dealkylation sites (N-methyl/N-ethyl adjacent to an activating group) is 1. The van der Waals surface area contributed by atoms with Gasteiger partial charge >= 0.3 is 0 Å². The van der Waals surface area contributed by atoms with Gasteiger partial charge in [-0.1, -0.05) is 41.9 Å². The Hall–Kier alpha value is -2.21. The molecule has 0 fully saturated rings. The number of carbonyl (C=O) groups excluding carboxylic acids is 1. The zero-order valence-electron chi connectivity index (χ0n) is 18.2. The van der Waals surface area contributed by atoms with E-state index in [2.05, 4.69) is 38.9 Å². The summed E-state index contributed by atoms with van der Waals surface area (Å²) in [5.41, 5.74) is 7.37. The SMILES string of the molecule is CN(C(=O)Cc1cccc(OC(C)(P)P)c1)c1nnc(CCCCc2ccc(N)nn2)s1. The lowest BCUT2D eigenvalue weighted by molar-refractivity contribution is -0.117. The fourth-order valence-corrected chi connectivity index (χ4v) is 4.07. The number of nitrogens with two attached hydrogens (primary N) is 1. The van der Waals surface area contributed by atoms with Crippen molar-refractivity contribution in [1.82, 2.24) is 20.4 Å². The van der Waals surface area contributed by atoms with Gasteiger partial charge in [0.1, 0.15) is 21.7 Å². The van der Waals surface area contributed by atoms with Crippen molar-refractivity contribution >= 4 is 46.7 Å². The number of nitrogen functional groups attached to an aromatic ring is 1. The van der Waals surface area contributed by atoms with Crippen LogP contribution in [0.25, 0.3) is 0 Å². The molecule has 0 aliphatic carbocycles. The van der Waals surface area contributed by atoms with E-state index in [0.29, 0.717) is 16.7 Å². The lowest BCUT2D eigenvalue weighted by Crippen LogP contribution is -2.27. The van der Waals surface area contributed by atoms with E-state index in [1.165, 1.54) is 11.3 Å². The third-order valence-corrected chi connectivity index (χ3v) is 5.82. The van der Waals surface area contributed by atoms with Gasteiger partial charge in [0.25, 0.3) is 0 Å². The summed E-state index contributed by atoms with van der Waals surface area (Å²) in [6.45, 7) is 1.92. The van der Waals surface area contributed by atoms with E-state index in [1.54, 1.807) is 18.0 Å². The van der Waals surface area contributed by atoms with Crippen molar-refractivity contribution in [2.75, 3.05) is 17.7 Å². The molecular weight excluding hydrogens is 462 g/mol. The molecule has 0 bridgehead atoms. The molecule has 3 rings (SSSR count). The first-order valence-corrected chi connectivity index (χ1v) is 12.2. The predicted octanol–water partition coefficient (Wildman–Crippen LogP) is 3.48. The number of aryl methyl sites for hydroxylation is 2. The molecule has 32 heavy (non-hydrogen) atoms. The van der Waals surface area contributed by atoms with Crippen LogP contribution in [0.2, 0.25) is 0 Å². The number of amides is 1. The van der Waals surface area contributed by atoms with Crippen LogP contribution >= 0.6 is 29.8 Å². The molecule has 170 valence electrons. The standard InChI is InChI=1S/C21H28N6O2P2S/c1-21(30,31)29-16-8-5-6-14(12-16)13-19(28)27(2)20-26-25-18(32-20)9-4-3-7-15-10-11-17(22)24-23-15/h5-6,8,10-12H,3-4,7,9,13,30-31H2,1-2H3,(H2,22,24). The fraction of sp³-hybridized carbons (Fsp3) is 0.381. The topological polar surface area (TPSA) is 107 Å². The smallest absolute Gasteiger partial charge is 0.232 e. The van der Waals surface area contributed by atoms with Gasteiger partial charge in [0.2, 0.25) is 11.0 Å². The Labute approximate surface area is 196 Å². The lowest BCUT2D eigenvalue weighted by Gasteiger charge is -2.21. The van der Waals surface area contributed by atoms with Gasteiger partial charge in [-0.2, -0.15) is 5.10 Å². The fourth-order valence-electron chi connectivity index (χ4n) is 2.94. The Kier molecular flexibility index (Phi) is 8.46. The zero-order chi connectivity index (χ0) is 23.1. The van der Waals surface area contributed by atoms with Gasteiger partial charge in [-0.05, 0) is 56.0 Å². The van der Waals surface area contributed by atoms with Gasteiger partial charge in [0.05, 0.1) is 12.1 Å². The molecule has 2 heterocycles. The monoisotopic (exact) mass is 490 g/mol. The van der Waals surface area contributed by atoms with Crippen molar-refractivity contribution in [3.05, 3.63) is 52.7 Å². The average Bonchev–Trinajstić information content (AvgIpc) is 3.20. The van der Waals surface area contributed by atoms with Gasteiger partial charge in [0.15, 0.2) is 0 Å². The minimum Gasteiger partial charge on any atom is -0.480 e. The van der Waals surface area contributed by atoms with E-state index in [1.807, 2.05) is 37.3 Å². The van der Waals surface area contributed by atoms with Crippen LogP contribution in [0, 0.1) is 0 Å². The number of rotatable bonds is 10. The maximum atomic E-state index is 12.8. The summed E-state index contributed by atoms with van der Waals surface area (Å²) in [5, 5.41) is 17.4. The summed E-state index contributed by atoms with van der Waals surface area (Å²) in [7, 11) is 6.95. The van der Waals surface area contributed by atoms with Crippen LogP contribution in [0.1, 0.15) is 36.0 Å². The Balaban J connectivity index is 1.49. The molecule has 1 amide bonds. The van der Waals surface area contributed by atoms with E-state index < -0.39 is 5.08 Å². The first kappa shape index (κ1) is 24.4. The molecule has 1 aromatic carbocycles. The summed E-state index contributed by atoms with van der Waals surface area (Å²) in [5.74, 6) is 1.10. The summed E-state index contributed by atoms with van der Waals surface area (Å²) in [6.07, 6.45) is 3.83. The quantitative estimate of drug-likeness (QED) is 0.342. The Bertz CT molecular complexity index is 1040. The van der Waals surface area contributed by atoms with Gasteiger partial charge < -0.3 is 10.5 Å². The number of benzene rings is 1. The molecule has 0 saturated heterocycles. The second-order valence-electron chi connectivity index (χ2n) is 7.70. The minimum absolute atomic E-state index is 0.0497. The van der Waals surface area contributed by atoms with Crippen molar-refractivity contribution in [2.45, 2.75) is 44.1 Å². The molecule has 2 N–H and O–H groups in total. The van der Waals surface area contributed by atoms with Crippen LogP contribution < -0.4 is 15.4 Å². The van der Waals surface area contributed by atoms with E-state index in [-0.39, 0.29) is 12.3 Å². The highest BCUT2D eigenvalue weighted by Gasteiger charge is 2.17. The number of hydrogen-bond acceptors (Lipinski definition) is 8.